The zero-order valence-corrected chi connectivity index (χ0v) is 7.39. The van der Waals surface area contributed by atoms with Crippen LogP contribution in [0.1, 0.15) is 5.56 Å². The molecule has 0 unspecified atom stereocenters. The molecule has 6 heteroatoms. The highest BCUT2D eigenvalue weighted by atomic mass is 32.2. The lowest BCUT2D eigenvalue weighted by Gasteiger charge is -1.89. The summed E-state index contributed by atoms with van der Waals surface area (Å²) in [6, 6.07) is 1.62. The van der Waals surface area contributed by atoms with Gasteiger partial charge in [0.25, 0.3) is 0 Å². The Labute approximate surface area is 71.5 Å². The highest BCUT2D eigenvalue weighted by Crippen LogP contribution is 2.11. The average molecular weight is 192 g/mol. The van der Waals surface area contributed by atoms with Crippen LogP contribution in [0.5, 0.6) is 0 Å². The van der Waals surface area contributed by atoms with Crippen LogP contribution < -0.4 is 5.73 Å². The van der Waals surface area contributed by atoms with E-state index in [1.807, 2.05) is 0 Å². The van der Waals surface area contributed by atoms with Gasteiger partial charge in [0.2, 0.25) is 10.9 Å². The average Bonchev–Trinajstić information content (AvgIpc) is 2.30. The minimum absolute atomic E-state index is 0.323. The third-order valence-electron chi connectivity index (χ3n) is 1.25. The molecular formula is C5H8N2O2S2. The molecule has 1 heterocycles. The van der Waals surface area contributed by atoms with Gasteiger partial charge in [-0.05, 0) is 11.6 Å². The Kier molecular flexibility index (Phi) is 2.58. The Hall–Kier alpha value is -0.460. The molecule has 0 aliphatic heterocycles. The van der Waals surface area contributed by atoms with Crippen molar-refractivity contribution in [2.75, 3.05) is 0 Å². The first-order chi connectivity index (χ1) is 5.15. The smallest absolute Gasteiger partial charge is 0.229 e. The molecule has 0 aliphatic carbocycles. The van der Waals surface area contributed by atoms with Crippen molar-refractivity contribution in [2.45, 2.75) is 11.6 Å². The fourth-order valence-corrected chi connectivity index (χ4v) is 1.65. The number of aromatic nitrogens is 1. The van der Waals surface area contributed by atoms with Crippen molar-refractivity contribution in [3.8, 4) is 0 Å². The number of rotatable bonds is 2. The Bertz CT molecular complexity index is 321. The monoisotopic (exact) mass is 192 g/mol. The second-order valence-electron chi connectivity index (χ2n) is 1.99. The topological polar surface area (TPSA) is 65.1 Å². The van der Waals surface area contributed by atoms with Crippen molar-refractivity contribution >= 4 is 23.5 Å². The molecule has 11 heavy (non-hydrogen) atoms. The summed E-state index contributed by atoms with van der Waals surface area (Å²) in [5.41, 5.74) is 6.05. The molecular weight excluding hydrogens is 184 g/mol. The van der Waals surface area contributed by atoms with E-state index in [1.54, 1.807) is 6.07 Å². The minimum atomic E-state index is -2.62. The van der Waals surface area contributed by atoms with E-state index < -0.39 is 10.9 Å². The zero-order chi connectivity index (χ0) is 8.43. The molecule has 0 fully saturated rings. The molecule has 0 saturated heterocycles. The molecule has 0 saturated carbocycles. The van der Waals surface area contributed by atoms with Crippen molar-refractivity contribution in [3.63, 3.8) is 0 Å². The van der Waals surface area contributed by atoms with Gasteiger partial charge in [0.05, 0.1) is 5.03 Å². The quantitative estimate of drug-likeness (QED) is 0.559. The molecule has 1 rings (SSSR count). The van der Waals surface area contributed by atoms with Crippen LogP contribution in [0.25, 0.3) is 0 Å². The summed E-state index contributed by atoms with van der Waals surface area (Å²) in [6.07, 6.45) is 1.45. The first kappa shape index (κ1) is 8.63. The van der Waals surface area contributed by atoms with E-state index in [0.29, 0.717) is 11.6 Å². The summed E-state index contributed by atoms with van der Waals surface area (Å²) in [5.74, 6) is 0. The number of hydrogen-bond donors (Lipinski definition) is 3. The Morgan fingerprint density at radius 2 is 2.27 bits per heavy atom. The van der Waals surface area contributed by atoms with Crippen LogP contribution >= 0.6 is 12.6 Å². The molecule has 0 bridgehead atoms. The number of thiol groups is 2. The van der Waals surface area contributed by atoms with Gasteiger partial charge >= 0.3 is 0 Å². The van der Waals surface area contributed by atoms with Crippen LogP contribution in [0.3, 0.4) is 0 Å². The maximum absolute atomic E-state index is 10.5. The summed E-state index contributed by atoms with van der Waals surface area (Å²) in [5, 5.41) is 0.390. The highest BCUT2D eigenvalue weighted by molar-refractivity contribution is 7.81. The van der Waals surface area contributed by atoms with Gasteiger partial charge in [-0.2, -0.15) is 0 Å². The second-order valence-corrected chi connectivity index (χ2v) is 3.36. The van der Waals surface area contributed by atoms with Gasteiger partial charge in [-0.3, -0.25) is 0 Å². The van der Waals surface area contributed by atoms with E-state index >= 15 is 0 Å². The van der Waals surface area contributed by atoms with Gasteiger partial charge < -0.3 is 5.73 Å². The molecule has 62 valence electrons. The van der Waals surface area contributed by atoms with Gasteiger partial charge in [0, 0.05) is 12.7 Å². The van der Waals surface area contributed by atoms with Crippen LogP contribution in [-0.4, -0.2) is 12.4 Å². The van der Waals surface area contributed by atoms with E-state index in [2.05, 4.69) is 12.6 Å². The first-order valence-corrected chi connectivity index (χ1v) is 4.48. The molecule has 4 nitrogen and oxygen atoms in total. The molecule has 2 N–H and O–H groups in total. The van der Waals surface area contributed by atoms with Crippen LogP contribution in [0.2, 0.25) is 0 Å². The number of hydrogen-bond acceptors (Lipinski definition) is 4. The molecule has 1 aromatic rings. The van der Waals surface area contributed by atoms with E-state index in [0.717, 1.165) is 9.54 Å². The van der Waals surface area contributed by atoms with Crippen molar-refractivity contribution in [1.82, 2.24) is 3.97 Å². The van der Waals surface area contributed by atoms with Gasteiger partial charge in [0.15, 0.2) is 0 Å². The molecule has 0 atom stereocenters. The summed E-state index contributed by atoms with van der Waals surface area (Å²) in [4.78, 5) is 0. The first-order valence-electron chi connectivity index (χ1n) is 2.90. The molecule has 0 aromatic carbocycles. The minimum Gasteiger partial charge on any atom is -0.326 e. The standard InChI is InChI=1S/C5H8N2O2S2/c6-2-4-1-5(10)7(3-4)11(8)9/h1,3,10-11H,2,6H2. The molecule has 0 radical (unpaired) electrons. The normalized spacial score (nSPS) is 10.8. The van der Waals surface area contributed by atoms with Crippen LogP contribution in [0.4, 0.5) is 0 Å². The lowest BCUT2D eigenvalue weighted by Crippen LogP contribution is -1.95. The summed E-state index contributed by atoms with van der Waals surface area (Å²) >= 11 is 3.94. The van der Waals surface area contributed by atoms with Crippen molar-refractivity contribution in [1.29, 1.82) is 0 Å². The predicted molar refractivity (Wildman–Crippen MR) is 45.3 cm³/mol. The molecule has 1 aromatic heterocycles. The van der Waals surface area contributed by atoms with E-state index in [4.69, 9.17) is 5.73 Å². The Balaban J connectivity index is 3.17. The maximum atomic E-state index is 10.5. The number of nitrogens with zero attached hydrogens (tertiary/aromatic N) is 1. The van der Waals surface area contributed by atoms with Crippen LogP contribution in [-0.2, 0) is 17.4 Å². The van der Waals surface area contributed by atoms with Crippen molar-refractivity contribution in [2.24, 2.45) is 5.73 Å². The molecule has 0 spiro atoms. The van der Waals surface area contributed by atoms with Crippen LogP contribution in [0.15, 0.2) is 17.3 Å². The van der Waals surface area contributed by atoms with Crippen molar-refractivity contribution < 1.29 is 8.42 Å². The Morgan fingerprint density at radius 1 is 1.64 bits per heavy atom. The van der Waals surface area contributed by atoms with Gasteiger partial charge in [0.1, 0.15) is 0 Å². The van der Waals surface area contributed by atoms with Gasteiger partial charge in [-0.15, -0.1) is 12.6 Å². The summed E-state index contributed by atoms with van der Waals surface area (Å²) < 4.78 is 22.0. The van der Waals surface area contributed by atoms with Crippen molar-refractivity contribution in [3.05, 3.63) is 17.8 Å². The molecule has 0 aliphatic rings. The summed E-state index contributed by atoms with van der Waals surface area (Å²) in [6.45, 7) is 0.323. The predicted octanol–water partition coefficient (Wildman–Crippen LogP) is -0.390. The van der Waals surface area contributed by atoms with E-state index in [-0.39, 0.29) is 0 Å². The van der Waals surface area contributed by atoms with E-state index in [9.17, 15) is 8.42 Å². The zero-order valence-electron chi connectivity index (χ0n) is 5.60. The summed E-state index contributed by atoms with van der Waals surface area (Å²) in [7, 11) is -2.62. The lowest BCUT2D eigenvalue weighted by molar-refractivity contribution is 0.604. The van der Waals surface area contributed by atoms with Crippen LogP contribution in [0, 0.1) is 0 Å². The third kappa shape index (κ3) is 1.76. The fourth-order valence-electron chi connectivity index (χ4n) is 0.735. The lowest BCUT2D eigenvalue weighted by atomic mass is 10.4. The Morgan fingerprint density at radius 3 is 2.55 bits per heavy atom. The van der Waals surface area contributed by atoms with E-state index in [1.165, 1.54) is 6.20 Å². The number of nitrogens with two attached hydrogens (primary N) is 1. The van der Waals surface area contributed by atoms with Gasteiger partial charge in [-0.1, -0.05) is 0 Å². The largest absolute Gasteiger partial charge is 0.326 e. The second kappa shape index (κ2) is 3.29. The SMILES string of the molecule is NCc1cc(S)n([SH](=O)=O)c1. The molecule has 0 amide bonds. The third-order valence-corrected chi connectivity index (χ3v) is 2.43. The highest BCUT2D eigenvalue weighted by Gasteiger charge is 2.01. The maximum Gasteiger partial charge on any atom is 0.229 e. The van der Waals surface area contributed by atoms with Gasteiger partial charge in [-0.25, -0.2) is 12.4 Å². The fraction of sp³-hybridized carbons (Fsp3) is 0.200.